The van der Waals surface area contributed by atoms with Crippen LogP contribution in [0.3, 0.4) is 0 Å². The molecular weight excluding hydrogens is 212 g/mol. The van der Waals surface area contributed by atoms with Gasteiger partial charge in [-0.1, -0.05) is 6.07 Å². The molecular formula is C13H18N4. The van der Waals surface area contributed by atoms with Crippen LogP contribution in [-0.2, 0) is 0 Å². The van der Waals surface area contributed by atoms with E-state index < -0.39 is 0 Å². The van der Waals surface area contributed by atoms with Crippen molar-refractivity contribution in [1.82, 2.24) is 4.98 Å². The number of hydrogen-bond acceptors (Lipinski definition) is 4. The lowest BCUT2D eigenvalue weighted by molar-refractivity contribution is 0.769. The molecule has 4 heteroatoms. The van der Waals surface area contributed by atoms with Gasteiger partial charge in [-0.25, -0.2) is 4.98 Å². The Morgan fingerprint density at radius 3 is 2.82 bits per heavy atom. The fourth-order valence-electron chi connectivity index (χ4n) is 1.88. The summed E-state index contributed by atoms with van der Waals surface area (Å²) in [6, 6.07) is 6.82. The second-order valence-electron chi connectivity index (χ2n) is 4.57. The number of hydrogen-bond donors (Lipinski definition) is 1. The van der Waals surface area contributed by atoms with Gasteiger partial charge in [0.15, 0.2) is 0 Å². The highest BCUT2D eigenvalue weighted by Gasteiger charge is 2.29. The van der Waals surface area contributed by atoms with Gasteiger partial charge >= 0.3 is 0 Å². The third-order valence-electron chi connectivity index (χ3n) is 3.04. The van der Waals surface area contributed by atoms with Crippen molar-refractivity contribution in [3.63, 3.8) is 0 Å². The molecule has 0 amide bonds. The monoisotopic (exact) mass is 230 g/mol. The first kappa shape index (κ1) is 11.9. The summed E-state index contributed by atoms with van der Waals surface area (Å²) in [6.07, 6.45) is 4.80. The minimum Gasteiger partial charge on any atom is -0.353 e. The number of nitrogens with zero attached hydrogens (tertiary/aromatic N) is 3. The molecule has 2 rings (SSSR count). The zero-order valence-corrected chi connectivity index (χ0v) is 10.1. The lowest BCUT2D eigenvalue weighted by atomic mass is 10.1. The number of aromatic nitrogens is 1. The summed E-state index contributed by atoms with van der Waals surface area (Å²) in [5.74, 6) is 0.965. The van der Waals surface area contributed by atoms with Crippen molar-refractivity contribution in [2.24, 2.45) is 5.73 Å². The Kier molecular flexibility index (Phi) is 3.60. The van der Waals surface area contributed by atoms with Crippen LogP contribution in [0.1, 0.15) is 37.8 Å². The van der Waals surface area contributed by atoms with Crippen molar-refractivity contribution in [3.05, 3.63) is 23.9 Å². The fraction of sp³-hybridized carbons (Fsp3) is 0.538. The van der Waals surface area contributed by atoms with Crippen LogP contribution in [-0.4, -0.2) is 17.6 Å². The average Bonchev–Trinajstić information content (AvgIpc) is 3.14. The third kappa shape index (κ3) is 2.95. The molecule has 0 radical (unpaired) electrons. The molecule has 4 nitrogen and oxygen atoms in total. The van der Waals surface area contributed by atoms with Crippen LogP contribution in [0.4, 0.5) is 5.82 Å². The molecule has 1 aromatic heterocycles. The molecule has 1 aliphatic carbocycles. The van der Waals surface area contributed by atoms with Crippen LogP contribution in [0.2, 0.25) is 0 Å². The Morgan fingerprint density at radius 2 is 2.35 bits per heavy atom. The second kappa shape index (κ2) is 5.15. The maximum Gasteiger partial charge on any atom is 0.128 e. The van der Waals surface area contributed by atoms with E-state index in [4.69, 9.17) is 11.0 Å². The van der Waals surface area contributed by atoms with Crippen molar-refractivity contribution in [3.8, 4) is 6.07 Å². The zero-order chi connectivity index (χ0) is 12.3. The van der Waals surface area contributed by atoms with Crippen LogP contribution in [0.5, 0.6) is 0 Å². The highest BCUT2D eigenvalue weighted by Crippen LogP contribution is 2.30. The molecule has 1 atom stereocenters. The summed E-state index contributed by atoms with van der Waals surface area (Å²) < 4.78 is 0. The molecule has 1 fully saturated rings. The number of nitrogens with two attached hydrogens (primary N) is 1. The second-order valence-corrected chi connectivity index (χ2v) is 4.57. The van der Waals surface area contributed by atoms with Crippen molar-refractivity contribution in [1.29, 1.82) is 5.26 Å². The van der Waals surface area contributed by atoms with Gasteiger partial charge in [-0.15, -0.1) is 0 Å². The molecule has 90 valence electrons. The Labute approximate surface area is 102 Å². The summed E-state index contributed by atoms with van der Waals surface area (Å²) in [6.45, 7) is 2.72. The van der Waals surface area contributed by atoms with E-state index in [1.807, 2.05) is 25.3 Å². The normalized spacial score (nSPS) is 16.3. The Balaban J connectivity index is 2.10. The van der Waals surface area contributed by atoms with Crippen molar-refractivity contribution >= 4 is 5.82 Å². The van der Waals surface area contributed by atoms with Crippen molar-refractivity contribution < 1.29 is 0 Å². The third-order valence-corrected chi connectivity index (χ3v) is 3.04. The molecule has 0 spiro atoms. The van der Waals surface area contributed by atoms with Gasteiger partial charge in [-0.05, 0) is 31.4 Å². The molecule has 1 unspecified atom stereocenters. The zero-order valence-electron chi connectivity index (χ0n) is 10.1. The van der Waals surface area contributed by atoms with Crippen LogP contribution < -0.4 is 10.6 Å². The first-order chi connectivity index (χ1) is 8.22. The predicted molar refractivity (Wildman–Crippen MR) is 67.4 cm³/mol. The number of pyridine rings is 1. The van der Waals surface area contributed by atoms with E-state index in [1.54, 1.807) is 0 Å². The van der Waals surface area contributed by atoms with E-state index in [-0.39, 0.29) is 6.04 Å². The number of rotatable bonds is 5. The Bertz CT molecular complexity index is 400. The van der Waals surface area contributed by atoms with Crippen LogP contribution in [0.15, 0.2) is 18.3 Å². The molecule has 1 aromatic rings. The minimum atomic E-state index is 0.0185. The highest BCUT2D eigenvalue weighted by molar-refractivity contribution is 5.42. The summed E-state index contributed by atoms with van der Waals surface area (Å²) in [7, 11) is 0. The summed E-state index contributed by atoms with van der Waals surface area (Å²) in [5, 5.41) is 8.67. The number of anilines is 1. The topological polar surface area (TPSA) is 65.9 Å². The van der Waals surface area contributed by atoms with Gasteiger partial charge in [0, 0.05) is 24.8 Å². The SMILES string of the molecule is CC(N)c1ccc(N(CCC#N)C2CC2)nc1. The molecule has 1 saturated carbocycles. The maximum absolute atomic E-state index is 8.67. The molecule has 0 aliphatic heterocycles. The van der Waals surface area contributed by atoms with Gasteiger partial charge in [0.1, 0.15) is 5.82 Å². The maximum atomic E-state index is 8.67. The highest BCUT2D eigenvalue weighted by atomic mass is 15.2. The predicted octanol–water partition coefficient (Wildman–Crippen LogP) is 1.98. The van der Waals surface area contributed by atoms with Gasteiger partial charge in [0.05, 0.1) is 12.5 Å². The van der Waals surface area contributed by atoms with E-state index in [0.29, 0.717) is 12.5 Å². The molecule has 1 heterocycles. The molecule has 1 aliphatic rings. The standard InChI is InChI=1S/C13H18N4/c1-10(15)11-3-6-13(16-9-11)17(8-2-7-14)12-4-5-12/h3,6,9-10,12H,2,4-5,8,15H2,1H3. The minimum absolute atomic E-state index is 0.0185. The molecule has 17 heavy (non-hydrogen) atoms. The quantitative estimate of drug-likeness (QED) is 0.840. The molecule has 0 aromatic carbocycles. The average molecular weight is 230 g/mol. The molecule has 0 bridgehead atoms. The Morgan fingerprint density at radius 1 is 1.59 bits per heavy atom. The van der Waals surface area contributed by atoms with Crippen LogP contribution >= 0.6 is 0 Å². The van der Waals surface area contributed by atoms with E-state index in [1.165, 1.54) is 12.8 Å². The first-order valence-electron chi connectivity index (χ1n) is 6.07. The van der Waals surface area contributed by atoms with Gasteiger partial charge in [0.2, 0.25) is 0 Å². The van der Waals surface area contributed by atoms with Gasteiger partial charge in [0.25, 0.3) is 0 Å². The van der Waals surface area contributed by atoms with Gasteiger partial charge in [-0.2, -0.15) is 5.26 Å². The lowest BCUT2D eigenvalue weighted by Gasteiger charge is -2.22. The first-order valence-corrected chi connectivity index (χ1v) is 6.07. The summed E-state index contributed by atoms with van der Waals surface area (Å²) in [4.78, 5) is 6.68. The Hall–Kier alpha value is -1.60. The van der Waals surface area contributed by atoms with Crippen LogP contribution in [0, 0.1) is 11.3 Å². The largest absolute Gasteiger partial charge is 0.353 e. The van der Waals surface area contributed by atoms with Gasteiger partial charge in [-0.3, -0.25) is 0 Å². The van der Waals surface area contributed by atoms with E-state index >= 15 is 0 Å². The van der Waals surface area contributed by atoms with Gasteiger partial charge < -0.3 is 10.6 Å². The van der Waals surface area contributed by atoms with Crippen LogP contribution in [0.25, 0.3) is 0 Å². The smallest absolute Gasteiger partial charge is 0.128 e. The summed E-state index contributed by atoms with van der Waals surface area (Å²) in [5.41, 5.74) is 6.84. The van der Waals surface area contributed by atoms with E-state index in [2.05, 4.69) is 16.0 Å². The van der Waals surface area contributed by atoms with E-state index in [0.717, 1.165) is 17.9 Å². The van der Waals surface area contributed by atoms with Crippen molar-refractivity contribution in [2.75, 3.05) is 11.4 Å². The molecule has 0 saturated heterocycles. The molecule has 2 N–H and O–H groups in total. The van der Waals surface area contributed by atoms with Crippen molar-refractivity contribution in [2.45, 2.75) is 38.3 Å². The lowest BCUT2D eigenvalue weighted by Crippen LogP contribution is -2.27. The number of nitriles is 1. The van der Waals surface area contributed by atoms with E-state index in [9.17, 15) is 0 Å². The summed E-state index contributed by atoms with van der Waals surface area (Å²) >= 11 is 0. The fourth-order valence-corrected chi connectivity index (χ4v) is 1.88.